The SMILES string of the molecule is CCC(C)CC(CCc1c(C)nn(C)c1C)NC. The Hall–Kier alpha value is -0.830. The normalized spacial score (nSPS) is 14.8. The lowest BCUT2D eigenvalue weighted by Gasteiger charge is -2.19. The van der Waals surface area contributed by atoms with Gasteiger partial charge in [-0.05, 0) is 51.6 Å². The van der Waals surface area contributed by atoms with E-state index in [9.17, 15) is 0 Å². The molecule has 0 saturated heterocycles. The van der Waals surface area contributed by atoms with Crippen LogP contribution in [0.3, 0.4) is 0 Å². The third-order valence-corrected chi connectivity index (χ3v) is 4.19. The Morgan fingerprint density at radius 2 is 2.00 bits per heavy atom. The zero-order valence-corrected chi connectivity index (χ0v) is 12.9. The third kappa shape index (κ3) is 3.84. The summed E-state index contributed by atoms with van der Waals surface area (Å²) in [6.07, 6.45) is 4.87. The molecule has 1 rings (SSSR count). The van der Waals surface area contributed by atoms with Crippen LogP contribution in [0.1, 0.15) is 50.1 Å². The Labute approximate surface area is 112 Å². The van der Waals surface area contributed by atoms with E-state index in [1.807, 2.05) is 11.7 Å². The van der Waals surface area contributed by atoms with E-state index in [-0.39, 0.29) is 0 Å². The number of hydrogen-bond donors (Lipinski definition) is 1. The van der Waals surface area contributed by atoms with E-state index in [4.69, 9.17) is 0 Å². The van der Waals surface area contributed by atoms with Crippen molar-refractivity contribution in [3.05, 3.63) is 17.0 Å². The predicted octanol–water partition coefficient (Wildman–Crippen LogP) is 2.99. The lowest BCUT2D eigenvalue weighted by atomic mass is 9.94. The van der Waals surface area contributed by atoms with Crippen molar-refractivity contribution < 1.29 is 0 Å². The summed E-state index contributed by atoms with van der Waals surface area (Å²) >= 11 is 0. The van der Waals surface area contributed by atoms with Gasteiger partial charge >= 0.3 is 0 Å². The lowest BCUT2D eigenvalue weighted by Crippen LogP contribution is -2.27. The molecule has 0 saturated carbocycles. The highest BCUT2D eigenvalue weighted by Gasteiger charge is 2.14. The largest absolute Gasteiger partial charge is 0.317 e. The van der Waals surface area contributed by atoms with Crippen LogP contribution in [0.2, 0.25) is 0 Å². The van der Waals surface area contributed by atoms with Crippen molar-refractivity contribution in [2.45, 2.75) is 59.4 Å². The Bertz CT molecular complexity index is 368. The van der Waals surface area contributed by atoms with Crippen molar-refractivity contribution in [3.8, 4) is 0 Å². The second-order valence-corrected chi connectivity index (χ2v) is 5.55. The molecule has 0 bridgehead atoms. The van der Waals surface area contributed by atoms with Crippen LogP contribution in [0.15, 0.2) is 0 Å². The number of nitrogens with one attached hydrogen (secondary N) is 1. The van der Waals surface area contributed by atoms with Gasteiger partial charge in [-0.3, -0.25) is 4.68 Å². The minimum absolute atomic E-state index is 0.624. The fourth-order valence-corrected chi connectivity index (χ4v) is 2.53. The summed E-state index contributed by atoms with van der Waals surface area (Å²) in [7, 11) is 4.11. The molecule has 1 aromatic rings. The van der Waals surface area contributed by atoms with E-state index in [1.54, 1.807) is 0 Å². The highest BCUT2D eigenvalue weighted by molar-refractivity contribution is 5.24. The van der Waals surface area contributed by atoms with Crippen LogP contribution < -0.4 is 5.32 Å². The average Bonchev–Trinajstić information content (AvgIpc) is 2.59. The minimum atomic E-state index is 0.624. The van der Waals surface area contributed by atoms with Crippen molar-refractivity contribution in [3.63, 3.8) is 0 Å². The van der Waals surface area contributed by atoms with Gasteiger partial charge in [-0.1, -0.05) is 20.3 Å². The number of hydrogen-bond acceptors (Lipinski definition) is 2. The molecule has 3 heteroatoms. The first-order valence-electron chi connectivity index (χ1n) is 7.15. The molecule has 18 heavy (non-hydrogen) atoms. The second-order valence-electron chi connectivity index (χ2n) is 5.55. The van der Waals surface area contributed by atoms with Crippen LogP contribution >= 0.6 is 0 Å². The van der Waals surface area contributed by atoms with Crippen molar-refractivity contribution in [2.75, 3.05) is 7.05 Å². The monoisotopic (exact) mass is 251 g/mol. The van der Waals surface area contributed by atoms with Crippen LogP contribution in [-0.4, -0.2) is 22.9 Å². The fraction of sp³-hybridized carbons (Fsp3) is 0.800. The summed E-state index contributed by atoms with van der Waals surface area (Å²) in [6, 6.07) is 0.624. The maximum Gasteiger partial charge on any atom is 0.0628 e. The molecule has 0 spiro atoms. The van der Waals surface area contributed by atoms with Crippen LogP contribution in [0.25, 0.3) is 0 Å². The van der Waals surface area contributed by atoms with Gasteiger partial charge in [-0.2, -0.15) is 5.10 Å². The Kier molecular flexibility index (Phi) is 5.86. The standard InChI is InChI=1S/C15H29N3/c1-7-11(2)10-14(16-5)8-9-15-12(3)17-18(6)13(15)4/h11,14,16H,7-10H2,1-6H3. The summed E-state index contributed by atoms with van der Waals surface area (Å²) in [6.45, 7) is 8.89. The van der Waals surface area contributed by atoms with E-state index < -0.39 is 0 Å². The number of aromatic nitrogens is 2. The van der Waals surface area contributed by atoms with E-state index in [0.29, 0.717) is 6.04 Å². The zero-order valence-electron chi connectivity index (χ0n) is 12.9. The molecular formula is C15H29N3. The van der Waals surface area contributed by atoms with Gasteiger partial charge in [0.2, 0.25) is 0 Å². The first kappa shape index (κ1) is 15.2. The van der Waals surface area contributed by atoms with Crippen LogP contribution in [0.5, 0.6) is 0 Å². The lowest BCUT2D eigenvalue weighted by molar-refractivity contribution is 0.395. The van der Waals surface area contributed by atoms with Gasteiger partial charge < -0.3 is 5.32 Å². The van der Waals surface area contributed by atoms with Crippen molar-refractivity contribution in [1.29, 1.82) is 0 Å². The Morgan fingerprint density at radius 3 is 2.44 bits per heavy atom. The van der Waals surface area contributed by atoms with E-state index in [1.165, 1.54) is 36.2 Å². The molecule has 0 fully saturated rings. The van der Waals surface area contributed by atoms with Crippen LogP contribution in [0, 0.1) is 19.8 Å². The molecule has 2 unspecified atom stereocenters. The molecule has 104 valence electrons. The van der Waals surface area contributed by atoms with Crippen LogP contribution in [0.4, 0.5) is 0 Å². The molecule has 0 aliphatic rings. The smallest absolute Gasteiger partial charge is 0.0628 e. The van der Waals surface area contributed by atoms with Gasteiger partial charge in [0.25, 0.3) is 0 Å². The maximum atomic E-state index is 4.49. The zero-order chi connectivity index (χ0) is 13.7. The number of aryl methyl sites for hydroxylation is 2. The quantitative estimate of drug-likeness (QED) is 0.807. The molecule has 1 heterocycles. The molecule has 2 atom stereocenters. The topological polar surface area (TPSA) is 29.9 Å². The molecule has 0 aliphatic carbocycles. The van der Waals surface area contributed by atoms with Crippen molar-refractivity contribution in [1.82, 2.24) is 15.1 Å². The van der Waals surface area contributed by atoms with Gasteiger partial charge in [0.1, 0.15) is 0 Å². The van der Waals surface area contributed by atoms with Gasteiger partial charge in [0.15, 0.2) is 0 Å². The van der Waals surface area contributed by atoms with Gasteiger partial charge in [-0.25, -0.2) is 0 Å². The predicted molar refractivity (Wildman–Crippen MR) is 77.9 cm³/mol. The molecular weight excluding hydrogens is 222 g/mol. The van der Waals surface area contributed by atoms with Gasteiger partial charge in [-0.15, -0.1) is 0 Å². The highest BCUT2D eigenvalue weighted by atomic mass is 15.3. The molecule has 1 N–H and O–H groups in total. The molecule has 1 aromatic heterocycles. The summed E-state index contributed by atoms with van der Waals surface area (Å²) < 4.78 is 1.99. The summed E-state index contributed by atoms with van der Waals surface area (Å²) in [5, 5.41) is 7.94. The Morgan fingerprint density at radius 1 is 1.33 bits per heavy atom. The Balaban J connectivity index is 2.57. The summed E-state index contributed by atoms with van der Waals surface area (Å²) in [5.74, 6) is 0.804. The molecule has 0 amide bonds. The van der Waals surface area contributed by atoms with E-state index in [0.717, 1.165) is 12.3 Å². The van der Waals surface area contributed by atoms with E-state index >= 15 is 0 Å². The van der Waals surface area contributed by atoms with E-state index in [2.05, 4.69) is 45.2 Å². The molecule has 0 aromatic carbocycles. The van der Waals surface area contributed by atoms with Crippen molar-refractivity contribution >= 4 is 0 Å². The number of rotatable bonds is 7. The first-order valence-corrected chi connectivity index (χ1v) is 7.15. The number of nitrogens with zero attached hydrogens (tertiary/aromatic N) is 2. The second kappa shape index (κ2) is 6.93. The summed E-state index contributed by atoms with van der Waals surface area (Å²) in [4.78, 5) is 0. The maximum absolute atomic E-state index is 4.49. The molecule has 0 radical (unpaired) electrons. The first-order chi connectivity index (χ1) is 8.49. The molecule has 3 nitrogen and oxygen atoms in total. The fourth-order valence-electron chi connectivity index (χ4n) is 2.53. The highest BCUT2D eigenvalue weighted by Crippen LogP contribution is 2.18. The minimum Gasteiger partial charge on any atom is -0.317 e. The van der Waals surface area contributed by atoms with Crippen molar-refractivity contribution in [2.24, 2.45) is 13.0 Å². The summed E-state index contributed by atoms with van der Waals surface area (Å²) in [5.41, 5.74) is 3.93. The average molecular weight is 251 g/mol. The van der Waals surface area contributed by atoms with Crippen LogP contribution in [-0.2, 0) is 13.5 Å². The van der Waals surface area contributed by atoms with Gasteiger partial charge in [0, 0.05) is 18.8 Å². The third-order valence-electron chi connectivity index (χ3n) is 4.19. The molecule has 0 aliphatic heterocycles. The van der Waals surface area contributed by atoms with Gasteiger partial charge in [0.05, 0.1) is 5.69 Å².